The standard InChI is InChI=1S/C21H27N3O4S/c1-28-20-9-5-4-8-19(20)24(29(2,26)27)16-21(25)22-17-10-12-18(13-11-17)23-14-6-3-7-15-23/h4-5,8-13H,3,6-7,14-16H2,1-2H3,(H,22,25). The summed E-state index contributed by atoms with van der Waals surface area (Å²) in [7, 11) is -2.21. The van der Waals surface area contributed by atoms with Crippen LogP contribution in [0.25, 0.3) is 0 Å². The van der Waals surface area contributed by atoms with Crippen molar-refractivity contribution in [3.8, 4) is 5.75 Å². The molecule has 1 N–H and O–H groups in total. The zero-order valence-electron chi connectivity index (χ0n) is 16.8. The second kappa shape index (κ2) is 9.17. The minimum atomic E-state index is -3.67. The number of ether oxygens (including phenoxy) is 1. The molecule has 0 bridgehead atoms. The number of methoxy groups -OCH3 is 1. The topological polar surface area (TPSA) is 79.0 Å². The van der Waals surface area contributed by atoms with Gasteiger partial charge in [0.2, 0.25) is 15.9 Å². The Morgan fingerprint density at radius 2 is 1.72 bits per heavy atom. The Morgan fingerprint density at radius 1 is 1.07 bits per heavy atom. The Labute approximate surface area is 172 Å². The molecule has 1 fully saturated rings. The van der Waals surface area contributed by atoms with E-state index < -0.39 is 15.9 Å². The highest BCUT2D eigenvalue weighted by Crippen LogP contribution is 2.29. The third-order valence-electron chi connectivity index (χ3n) is 4.91. The first-order valence-electron chi connectivity index (χ1n) is 9.64. The summed E-state index contributed by atoms with van der Waals surface area (Å²) in [6.45, 7) is 1.76. The number of piperidine rings is 1. The second-order valence-electron chi connectivity index (χ2n) is 7.08. The van der Waals surface area contributed by atoms with Gasteiger partial charge in [-0.15, -0.1) is 0 Å². The van der Waals surface area contributed by atoms with Crippen LogP contribution in [-0.2, 0) is 14.8 Å². The minimum absolute atomic E-state index is 0.327. The Bertz CT molecular complexity index is 939. The molecule has 0 aromatic heterocycles. The lowest BCUT2D eigenvalue weighted by Gasteiger charge is -2.29. The van der Waals surface area contributed by atoms with Crippen LogP contribution in [0.2, 0.25) is 0 Å². The second-order valence-corrected chi connectivity index (χ2v) is 8.99. The van der Waals surface area contributed by atoms with E-state index in [2.05, 4.69) is 10.2 Å². The molecule has 8 heteroatoms. The van der Waals surface area contributed by atoms with E-state index in [4.69, 9.17) is 4.74 Å². The third kappa shape index (κ3) is 5.41. The summed E-state index contributed by atoms with van der Waals surface area (Å²) in [4.78, 5) is 14.9. The molecule has 0 saturated carbocycles. The molecule has 0 aliphatic carbocycles. The Hall–Kier alpha value is -2.74. The highest BCUT2D eigenvalue weighted by molar-refractivity contribution is 7.92. The van der Waals surface area contributed by atoms with E-state index >= 15 is 0 Å². The number of rotatable bonds is 7. The number of carbonyl (C=O) groups excluding carboxylic acids is 1. The van der Waals surface area contributed by atoms with Crippen molar-refractivity contribution in [3.05, 3.63) is 48.5 Å². The molecule has 0 radical (unpaired) electrons. The lowest BCUT2D eigenvalue weighted by atomic mass is 10.1. The van der Waals surface area contributed by atoms with E-state index in [1.165, 1.54) is 26.4 Å². The maximum Gasteiger partial charge on any atom is 0.245 e. The van der Waals surface area contributed by atoms with Gasteiger partial charge in [-0.3, -0.25) is 9.10 Å². The van der Waals surface area contributed by atoms with Crippen LogP contribution in [0.1, 0.15) is 19.3 Å². The van der Waals surface area contributed by atoms with Gasteiger partial charge < -0.3 is 15.0 Å². The zero-order valence-corrected chi connectivity index (χ0v) is 17.6. The number of carbonyl (C=O) groups is 1. The fraction of sp³-hybridized carbons (Fsp3) is 0.381. The molecule has 1 heterocycles. The Kier molecular flexibility index (Phi) is 6.64. The molecule has 1 aliphatic rings. The van der Waals surface area contributed by atoms with Crippen LogP contribution < -0.4 is 19.3 Å². The summed E-state index contributed by atoms with van der Waals surface area (Å²) >= 11 is 0. The highest BCUT2D eigenvalue weighted by Gasteiger charge is 2.23. The molecule has 3 rings (SSSR count). The van der Waals surface area contributed by atoms with Gasteiger partial charge in [0, 0.05) is 24.5 Å². The summed E-state index contributed by atoms with van der Waals surface area (Å²) in [5.74, 6) is -0.0383. The smallest absolute Gasteiger partial charge is 0.245 e. The summed E-state index contributed by atoms with van der Waals surface area (Å²) in [6.07, 6.45) is 4.74. The zero-order chi connectivity index (χ0) is 20.9. The van der Waals surface area contributed by atoms with E-state index in [0.29, 0.717) is 17.1 Å². The Morgan fingerprint density at radius 3 is 2.34 bits per heavy atom. The van der Waals surface area contributed by atoms with Gasteiger partial charge in [0.25, 0.3) is 0 Å². The molecule has 1 amide bonds. The van der Waals surface area contributed by atoms with Crippen molar-refractivity contribution in [2.75, 3.05) is 47.5 Å². The van der Waals surface area contributed by atoms with Crippen molar-refractivity contribution in [1.29, 1.82) is 0 Å². The molecule has 0 spiro atoms. The predicted molar refractivity (Wildman–Crippen MR) is 116 cm³/mol. The number of nitrogens with one attached hydrogen (secondary N) is 1. The van der Waals surface area contributed by atoms with Crippen molar-refractivity contribution in [1.82, 2.24) is 0 Å². The summed E-state index contributed by atoms with van der Waals surface area (Å²) in [5.41, 5.74) is 2.09. The lowest BCUT2D eigenvalue weighted by molar-refractivity contribution is -0.114. The highest BCUT2D eigenvalue weighted by atomic mass is 32.2. The van der Waals surface area contributed by atoms with Gasteiger partial charge in [0.15, 0.2) is 0 Å². The van der Waals surface area contributed by atoms with Crippen molar-refractivity contribution < 1.29 is 17.9 Å². The largest absolute Gasteiger partial charge is 0.495 e. The SMILES string of the molecule is COc1ccccc1N(CC(=O)Nc1ccc(N2CCCCC2)cc1)S(C)(=O)=O. The number of nitrogens with zero attached hydrogens (tertiary/aromatic N) is 2. The molecule has 2 aromatic carbocycles. The maximum absolute atomic E-state index is 12.6. The van der Waals surface area contributed by atoms with Crippen LogP contribution in [0.15, 0.2) is 48.5 Å². The van der Waals surface area contributed by atoms with Gasteiger partial charge in [0.1, 0.15) is 12.3 Å². The molecule has 156 valence electrons. The van der Waals surface area contributed by atoms with Gasteiger partial charge >= 0.3 is 0 Å². The average Bonchev–Trinajstić information content (AvgIpc) is 2.72. The molecular weight excluding hydrogens is 390 g/mol. The number of benzene rings is 2. The van der Waals surface area contributed by atoms with Crippen molar-refractivity contribution >= 4 is 33.0 Å². The van der Waals surface area contributed by atoms with Crippen molar-refractivity contribution in [3.63, 3.8) is 0 Å². The van der Waals surface area contributed by atoms with E-state index in [1.807, 2.05) is 24.3 Å². The third-order valence-corrected chi connectivity index (χ3v) is 6.04. The van der Waals surface area contributed by atoms with Crippen molar-refractivity contribution in [2.45, 2.75) is 19.3 Å². The molecular formula is C21H27N3O4S. The van der Waals surface area contributed by atoms with E-state index in [0.717, 1.165) is 29.3 Å². The molecule has 1 aliphatic heterocycles. The number of amides is 1. The number of sulfonamides is 1. The fourth-order valence-corrected chi connectivity index (χ4v) is 4.32. The van der Waals surface area contributed by atoms with Gasteiger partial charge in [-0.05, 0) is 55.7 Å². The van der Waals surface area contributed by atoms with E-state index in [-0.39, 0.29) is 6.54 Å². The van der Waals surface area contributed by atoms with Gasteiger partial charge in [-0.25, -0.2) is 8.42 Å². The average molecular weight is 418 g/mol. The fourth-order valence-electron chi connectivity index (χ4n) is 3.46. The van der Waals surface area contributed by atoms with Gasteiger partial charge in [-0.2, -0.15) is 0 Å². The van der Waals surface area contributed by atoms with E-state index in [9.17, 15) is 13.2 Å². The molecule has 0 unspecified atom stereocenters. The number of para-hydroxylation sites is 2. The summed E-state index contributed by atoms with van der Waals surface area (Å²) in [5, 5.41) is 2.78. The molecule has 1 saturated heterocycles. The van der Waals surface area contributed by atoms with Crippen LogP contribution in [0.5, 0.6) is 5.75 Å². The van der Waals surface area contributed by atoms with E-state index in [1.54, 1.807) is 24.3 Å². The number of hydrogen-bond donors (Lipinski definition) is 1. The maximum atomic E-state index is 12.6. The first-order valence-corrected chi connectivity index (χ1v) is 11.5. The predicted octanol–water partition coefficient (Wildman–Crippen LogP) is 3.09. The Balaban J connectivity index is 1.70. The summed E-state index contributed by atoms with van der Waals surface area (Å²) < 4.78 is 30.9. The summed E-state index contributed by atoms with van der Waals surface area (Å²) in [6, 6.07) is 14.4. The lowest BCUT2D eigenvalue weighted by Crippen LogP contribution is -2.37. The molecule has 2 aromatic rings. The van der Waals surface area contributed by atoms with Crippen LogP contribution >= 0.6 is 0 Å². The minimum Gasteiger partial charge on any atom is -0.495 e. The molecule has 0 atom stereocenters. The number of anilines is 3. The monoisotopic (exact) mass is 417 g/mol. The van der Waals surface area contributed by atoms with Crippen molar-refractivity contribution in [2.24, 2.45) is 0 Å². The number of hydrogen-bond acceptors (Lipinski definition) is 5. The van der Waals surface area contributed by atoms with Crippen LogP contribution in [0.4, 0.5) is 17.1 Å². The quantitative estimate of drug-likeness (QED) is 0.749. The first-order chi connectivity index (χ1) is 13.9. The molecule has 7 nitrogen and oxygen atoms in total. The normalized spacial score (nSPS) is 14.3. The first kappa shape index (κ1) is 21.0. The van der Waals surface area contributed by atoms with Crippen LogP contribution in [-0.4, -0.2) is 47.3 Å². The van der Waals surface area contributed by atoms with Gasteiger partial charge in [-0.1, -0.05) is 12.1 Å². The van der Waals surface area contributed by atoms with Crippen LogP contribution in [0.3, 0.4) is 0 Å². The van der Waals surface area contributed by atoms with Gasteiger partial charge in [0.05, 0.1) is 19.1 Å². The molecule has 29 heavy (non-hydrogen) atoms. The van der Waals surface area contributed by atoms with Crippen LogP contribution in [0, 0.1) is 0 Å².